The number of carbonyl (C=O) groups is 6. The van der Waals surface area contributed by atoms with Gasteiger partial charge < -0.3 is 38.3 Å². The smallest absolute Gasteiger partial charge is 0.327 e. The van der Waals surface area contributed by atoms with Crippen LogP contribution in [0.15, 0.2) is 0 Å². The number of carboxylic acids is 1. The van der Waals surface area contributed by atoms with E-state index >= 15 is 0 Å². The van der Waals surface area contributed by atoms with E-state index < -0.39 is 66.1 Å². The van der Waals surface area contributed by atoms with E-state index in [-0.39, 0.29) is 24.3 Å². The van der Waals surface area contributed by atoms with Crippen LogP contribution in [0.3, 0.4) is 0 Å². The van der Waals surface area contributed by atoms with Gasteiger partial charge in [0.15, 0.2) is 0 Å². The molecule has 0 aromatic rings. The maximum absolute atomic E-state index is 12.6. The Morgan fingerprint density at radius 2 is 1.27 bits per heavy atom. The molecule has 170 valence electrons. The van der Waals surface area contributed by atoms with Crippen LogP contribution < -0.4 is 33.2 Å². The maximum Gasteiger partial charge on any atom is 0.327 e. The molecule has 0 heterocycles. The van der Waals surface area contributed by atoms with Crippen LogP contribution in [0, 0.1) is 0 Å². The van der Waals surface area contributed by atoms with E-state index in [9.17, 15) is 28.8 Å². The van der Waals surface area contributed by atoms with Gasteiger partial charge in [0.25, 0.3) is 0 Å². The van der Waals surface area contributed by atoms with Gasteiger partial charge in [-0.05, 0) is 6.42 Å². The third-order valence-corrected chi connectivity index (χ3v) is 4.44. The van der Waals surface area contributed by atoms with Crippen LogP contribution in [-0.2, 0) is 28.8 Å². The third kappa shape index (κ3) is 10.3. The van der Waals surface area contributed by atoms with Gasteiger partial charge in [0, 0.05) is 17.9 Å². The number of hydrogen-bond donors (Lipinski definition) is 9. The molecule has 0 fully saturated rings. The summed E-state index contributed by atoms with van der Waals surface area (Å²) in [6.07, 6.45) is -1.14. The molecule has 0 saturated carbocycles. The SMILES string of the molecule is NC(=O)CCC(NC(=O)C(N)CS)C(=O)NC(CC(N)=O)C(=O)NC(CS)C(=O)O. The fraction of sp³-hybridized carbons (Fsp3) is 0.600. The van der Waals surface area contributed by atoms with Crippen molar-refractivity contribution in [3.63, 3.8) is 0 Å². The minimum atomic E-state index is -1.54. The van der Waals surface area contributed by atoms with Gasteiger partial charge in [-0.3, -0.25) is 24.0 Å². The zero-order valence-electron chi connectivity index (χ0n) is 15.9. The maximum atomic E-state index is 12.6. The van der Waals surface area contributed by atoms with Crippen molar-refractivity contribution in [2.75, 3.05) is 11.5 Å². The highest BCUT2D eigenvalue weighted by Gasteiger charge is 2.30. The lowest BCUT2D eigenvalue weighted by Gasteiger charge is -2.24. The molecule has 0 aromatic heterocycles. The van der Waals surface area contributed by atoms with Gasteiger partial charge in [0.1, 0.15) is 18.1 Å². The first-order chi connectivity index (χ1) is 13.9. The topological polar surface area (TPSA) is 237 Å². The number of primary amides is 2. The molecule has 0 rings (SSSR count). The first kappa shape index (κ1) is 27.5. The van der Waals surface area contributed by atoms with E-state index in [2.05, 4.69) is 41.2 Å². The summed E-state index contributed by atoms with van der Waals surface area (Å²) >= 11 is 7.67. The average Bonchev–Trinajstić information content (AvgIpc) is 2.66. The standard InChI is InChI=1S/C15H26N6O7S2/c16-6(4-29)12(24)19-7(1-2-10(17)22)13(25)20-8(3-11(18)23)14(26)21-9(5-30)15(27)28/h6-9,29-30H,1-5,16H2,(H2,17,22)(H2,18,23)(H,19,24)(H,20,25)(H,21,26)(H,27,28). The molecule has 15 heteroatoms. The van der Waals surface area contributed by atoms with Crippen LogP contribution in [0.5, 0.6) is 0 Å². The van der Waals surface area contributed by atoms with Crippen LogP contribution in [-0.4, -0.2) is 76.3 Å². The number of nitrogens with two attached hydrogens (primary N) is 3. The molecule has 0 spiro atoms. The molecule has 0 radical (unpaired) electrons. The molecule has 0 aliphatic heterocycles. The monoisotopic (exact) mass is 466 g/mol. The molecule has 10 N–H and O–H groups in total. The molecule has 0 aliphatic rings. The number of amides is 5. The second kappa shape index (κ2) is 13.7. The Morgan fingerprint density at radius 1 is 0.767 bits per heavy atom. The molecular formula is C15H26N6O7S2. The van der Waals surface area contributed by atoms with Crippen molar-refractivity contribution >= 4 is 60.8 Å². The Bertz CT molecular complexity index is 678. The first-order valence-corrected chi connectivity index (χ1v) is 9.87. The Balaban J connectivity index is 5.44. The van der Waals surface area contributed by atoms with Crippen LogP contribution >= 0.6 is 25.3 Å². The van der Waals surface area contributed by atoms with E-state index in [1.807, 2.05) is 0 Å². The Labute approximate surface area is 183 Å². The van der Waals surface area contributed by atoms with Crippen molar-refractivity contribution in [3.05, 3.63) is 0 Å². The lowest BCUT2D eigenvalue weighted by atomic mass is 10.1. The average molecular weight is 467 g/mol. The molecule has 5 amide bonds. The van der Waals surface area contributed by atoms with Gasteiger partial charge in [-0.1, -0.05) is 0 Å². The highest BCUT2D eigenvalue weighted by Crippen LogP contribution is 2.02. The molecule has 4 unspecified atom stereocenters. The molecular weight excluding hydrogens is 440 g/mol. The quantitative estimate of drug-likeness (QED) is 0.114. The van der Waals surface area contributed by atoms with Crippen LogP contribution in [0.1, 0.15) is 19.3 Å². The van der Waals surface area contributed by atoms with Gasteiger partial charge in [0.05, 0.1) is 12.5 Å². The summed E-state index contributed by atoms with van der Waals surface area (Å²) < 4.78 is 0. The molecule has 0 aliphatic carbocycles. The first-order valence-electron chi connectivity index (χ1n) is 8.60. The predicted octanol–water partition coefficient (Wildman–Crippen LogP) is -4.15. The summed E-state index contributed by atoms with van der Waals surface area (Å²) in [5, 5.41) is 15.6. The fourth-order valence-corrected chi connectivity index (χ4v) is 2.47. The number of carboxylic acid groups (broad SMARTS) is 1. The summed E-state index contributed by atoms with van der Waals surface area (Å²) in [7, 11) is 0. The van der Waals surface area contributed by atoms with Crippen LogP contribution in [0.4, 0.5) is 0 Å². The number of aliphatic carboxylic acids is 1. The van der Waals surface area contributed by atoms with Gasteiger partial charge in [-0.15, -0.1) is 0 Å². The van der Waals surface area contributed by atoms with Crippen molar-refractivity contribution in [3.8, 4) is 0 Å². The van der Waals surface area contributed by atoms with E-state index in [4.69, 9.17) is 22.3 Å². The second-order valence-electron chi connectivity index (χ2n) is 6.17. The highest BCUT2D eigenvalue weighted by atomic mass is 32.1. The predicted molar refractivity (Wildman–Crippen MR) is 111 cm³/mol. The second-order valence-corrected chi connectivity index (χ2v) is 6.90. The third-order valence-electron chi connectivity index (χ3n) is 3.68. The molecule has 4 atom stereocenters. The summed E-state index contributed by atoms with van der Waals surface area (Å²) in [5.41, 5.74) is 15.7. The normalized spacial score (nSPS) is 14.5. The van der Waals surface area contributed by atoms with Gasteiger partial charge in [0.2, 0.25) is 29.5 Å². The minimum Gasteiger partial charge on any atom is -0.480 e. The molecule has 30 heavy (non-hydrogen) atoms. The Morgan fingerprint density at radius 3 is 1.70 bits per heavy atom. The largest absolute Gasteiger partial charge is 0.480 e. The molecule has 13 nitrogen and oxygen atoms in total. The van der Waals surface area contributed by atoms with Crippen molar-refractivity contribution in [1.82, 2.24) is 16.0 Å². The Kier molecular flexibility index (Phi) is 12.5. The minimum absolute atomic E-state index is 0.0248. The van der Waals surface area contributed by atoms with Crippen molar-refractivity contribution in [2.45, 2.75) is 43.4 Å². The number of thiol groups is 2. The Hall–Kier alpha value is -2.52. The van der Waals surface area contributed by atoms with Crippen LogP contribution in [0.25, 0.3) is 0 Å². The molecule has 0 saturated heterocycles. The van der Waals surface area contributed by atoms with Crippen molar-refractivity contribution < 1.29 is 33.9 Å². The summed E-state index contributed by atoms with van der Waals surface area (Å²) in [5.74, 6) is -6.04. The number of nitrogens with one attached hydrogen (secondary N) is 3. The molecule has 0 aromatic carbocycles. The van der Waals surface area contributed by atoms with E-state index in [1.165, 1.54) is 0 Å². The zero-order valence-corrected chi connectivity index (χ0v) is 17.7. The summed E-state index contributed by atoms with van der Waals surface area (Å²) in [4.78, 5) is 70.3. The lowest BCUT2D eigenvalue weighted by molar-refractivity contribution is -0.141. The summed E-state index contributed by atoms with van der Waals surface area (Å²) in [6.45, 7) is 0. The molecule has 0 bridgehead atoms. The van der Waals surface area contributed by atoms with Crippen molar-refractivity contribution in [1.29, 1.82) is 0 Å². The van der Waals surface area contributed by atoms with E-state index in [0.29, 0.717) is 0 Å². The lowest BCUT2D eigenvalue weighted by Crippen LogP contribution is -2.58. The highest BCUT2D eigenvalue weighted by molar-refractivity contribution is 7.80. The van der Waals surface area contributed by atoms with Gasteiger partial charge >= 0.3 is 5.97 Å². The fourth-order valence-electron chi connectivity index (χ4n) is 2.06. The van der Waals surface area contributed by atoms with Gasteiger partial charge in [-0.25, -0.2) is 4.79 Å². The zero-order chi connectivity index (χ0) is 23.4. The van der Waals surface area contributed by atoms with Gasteiger partial charge in [-0.2, -0.15) is 25.3 Å². The van der Waals surface area contributed by atoms with E-state index in [0.717, 1.165) is 0 Å². The number of rotatable bonds is 14. The van der Waals surface area contributed by atoms with Crippen molar-refractivity contribution in [2.24, 2.45) is 17.2 Å². The van der Waals surface area contributed by atoms with Crippen LogP contribution in [0.2, 0.25) is 0 Å². The summed E-state index contributed by atoms with van der Waals surface area (Å²) in [6, 6.07) is -5.29. The van der Waals surface area contributed by atoms with E-state index in [1.54, 1.807) is 0 Å². The number of carbonyl (C=O) groups excluding carboxylic acids is 5. The number of hydrogen-bond acceptors (Lipinski definition) is 9.